The summed E-state index contributed by atoms with van der Waals surface area (Å²) < 4.78 is 5.29. The molecule has 0 radical (unpaired) electrons. The number of benzene rings is 3. The summed E-state index contributed by atoms with van der Waals surface area (Å²) in [4.78, 5) is 28.0. The first-order chi connectivity index (χ1) is 16.2. The Hall–Kier alpha value is -4.11. The number of ether oxygens (including phenoxy) is 1. The predicted molar refractivity (Wildman–Crippen MR) is 133 cm³/mol. The number of fused-ring (bicyclic) bond motifs is 1. The summed E-state index contributed by atoms with van der Waals surface area (Å²) in [5.74, 6) is 0.401. The standard InChI is InChI=1S/C28H27N3O3/c1-18-8-9-22(30-26(32)20-6-5-7-21(14-20)28(2,3)17-29)16-25(18)31-13-12-19-15-23(34-4)10-11-24(19)27(31)33/h5-11,14-16H,12-13H2,1-4H3,(H,30,32). The second-order valence-corrected chi connectivity index (χ2v) is 9.00. The van der Waals surface area contributed by atoms with Gasteiger partial charge in [0.15, 0.2) is 0 Å². The van der Waals surface area contributed by atoms with E-state index in [1.165, 1.54) is 0 Å². The number of nitriles is 1. The molecule has 0 aromatic heterocycles. The lowest BCUT2D eigenvalue weighted by Crippen LogP contribution is -2.38. The van der Waals surface area contributed by atoms with Crippen molar-refractivity contribution in [1.29, 1.82) is 5.26 Å². The SMILES string of the molecule is COc1ccc2c(c1)CCN(c1cc(NC(=O)c3cccc(C(C)(C)C#N)c3)ccc1C)C2=O. The molecule has 1 N–H and O–H groups in total. The van der Waals surface area contributed by atoms with Crippen molar-refractivity contribution in [2.75, 3.05) is 23.9 Å². The fourth-order valence-electron chi connectivity index (χ4n) is 4.12. The molecule has 0 spiro atoms. The molecule has 0 saturated carbocycles. The third kappa shape index (κ3) is 4.38. The summed E-state index contributed by atoms with van der Waals surface area (Å²) in [7, 11) is 1.61. The summed E-state index contributed by atoms with van der Waals surface area (Å²) in [6.07, 6.45) is 0.718. The zero-order chi connectivity index (χ0) is 24.5. The highest BCUT2D eigenvalue weighted by Gasteiger charge is 2.27. The minimum atomic E-state index is -0.692. The number of methoxy groups -OCH3 is 1. The van der Waals surface area contributed by atoms with Crippen LogP contribution < -0.4 is 15.0 Å². The second kappa shape index (κ2) is 9.03. The van der Waals surface area contributed by atoms with Gasteiger partial charge in [0.1, 0.15) is 5.75 Å². The van der Waals surface area contributed by atoms with Crippen LogP contribution in [-0.4, -0.2) is 25.5 Å². The number of hydrogen-bond donors (Lipinski definition) is 1. The maximum atomic E-state index is 13.3. The van der Waals surface area contributed by atoms with E-state index in [-0.39, 0.29) is 11.8 Å². The fraction of sp³-hybridized carbons (Fsp3) is 0.250. The fourth-order valence-corrected chi connectivity index (χ4v) is 4.12. The van der Waals surface area contributed by atoms with Crippen molar-refractivity contribution in [3.8, 4) is 11.8 Å². The first kappa shape index (κ1) is 23.1. The molecule has 34 heavy (non-hydrogen) atoms. The normalized spacial score (nSPS) is 13.1. The van der Waals surface area contributed by atoms with E-state index in [0.717, 1.165) is 34.5 Å². The summed E-state index contributed by atoms with van der Waals surface area (Å²) in [5, 5.41) is 12.3. The van der Waals surface area contributed by atoms with Crippen molar-refractivity contribution >= 4 is 23.2 Å². The molecule has 0 saturated heterocycles. The van der Waals surface area contributed by atoms with Crippen LogP contribution in [0.2, 0.25) is 0 Å². The van der Waals surface area contributed by atoms with Gasteiger partial charge in [0.25, 0.3) is 11.8 Å². The Kier molecular flexibility index (Phi) is 6.12. The van der Waals surface area contributed by atoms with Gasteiger partial charge < -0.3 is 15.0 Å². The van der Waals surface area contributed by atoms with E-state index >= 15 is 0 Å². The highest BCUT2D eigenvalue weighted by atomic mass is 16.5. The van der Waals surface area contributed by atoms with Gasteiger partial charge in [-0.05, 0) is 86.3 Å². The summed E-state index contributed by atoms with van der Waals surface area (Å²) in [6.45, 7) is 6.13. The molecule has 0 bridgehead atoms. The number of nitrogens with zero attached hydrogens (tertiary/aromatic N) is 2. The lowest BCUT2D eigenvalue weighted by Gasteiger charge is -2.30. The molecule has 1 heterocycles. The van der Waals surface area contributed by atoms with Gasteiger partial charge in [0.2, 0.25) is 0 Å². The van der Waals surface area contributed by atoms with Crippen molar-refractivity contribution in [3.05, 3.63) is 88.5 Å². The molecule has 3 aromatic rings. The number of rotatable bonds is 5. The van der Waals surface area contributed by atoms with Crippen molar-refractivity contribution in [1.82, 2.24) is 0 Å². The van der Waals surface area contributed by atoms with E-state index in [1.807, 2.05) is 51.1 Å². The lowest BCUT2D eigenvalue weighted by atomic mass is 9.85. The maximum Gasteiger partial charge on any atom is 0.258 e. The topological polar surface area (TPSA) is 82.4 Å². The monoisotopic (exact) mass is 453 g/mol. The molecular formula is C28H27N3O3. The van der Waals surface area contributed by atoms with Crippen LogP contribution in [0.1, 0.15) is 51.3 Å². The highest BCUT2D eigenvalue weighted by Crippen LogP contribution is 2.31. The number of aryl methyl sites for hydroxylation is 1. The van der Waals surface area contributed by atoms with E-state index < -0.39 is 5.41 Å². The molecule has 172 valence electrons. The van der Waals surface area contributed by atoms with Gasteiger partial charge in [0.05, 0.1) is 18.6 Å². The molecule has 1 aliphatic heterocycles. The van der Waals surface area contributed by atoms with Crippen LogP contribution in [0.15, 0.2) is 60.7 Å². The van der Waals surface area contributed by atoms with Crippen LogP contribution in [0.25, 0.3) is 0 Å². The number of anilines is 2. The minimum Gasteiger partial charge on any atom is -0.497 e. The lowest BCUT2D eigenvalue weighted by molar-refractivity contribution is 0.0979. The van der Waals surface area contributed by atoms with Crippen LogP contribution in [0.4, 0.5) is 11.4 Å². The molecule has 6 nitrogen and oxygen atoms in total. The average Bonchev–Trinajstić information content (AvgIpc) is 2.85. The van der Waals surface area contributed by atoms with Crippen molar-refractivity contribution in [2.24, 2.45) is 0 Å². The minimum absolute atomic E-state index is 0.0677. The summed E-state index contributed by atoms with van der Waals surface area (Å²) in [5.41, 5.74) is 4.51. The van der Waals surface area contributed by atoms with Crippen LogP contribution in [-0.2, 0) is 11.8 Å². The predicted octanol–water partition coefficient (Wildman–Crippen LogP) is 5.26. The van der Waals surface area contributed by atoms with E-state index in [9.17, 15) is 14.9 Å². The number of amides is 2. The van der Waals surface area contributed by atoms with Gasteiger partial charge in [0, 0.05) is 29.0 Å². The first-order valence-electron chi connectivity index (χ1n) is 11.2. The Morgan fingerprint density at radius 1 is 1.12 bits per heavy atom. The second-order valence-electron chi connectivity index (χ2n) is 9.00. The molecule has 2 amide bonds. The van der Waals surface area contributed by atoms with Crippen molar-refractivity contribution < 1.29 is 14.3 Å². The largest absolute Gasteiger partial charge is 0.497 e. The number of carbonyl (C=O) groups is 2. The van der Waals surface area contributed by atoms with E-state index in [4.69, 9.17) is 4.74 Å². The van der Waals surface area contributed by atoms with Crippen LogP contribution in [0, 0.1) is 18.3 Å². The molecule has 0 aliphatic carbocycles. The first-order valence-corrected chi connectivity index (χ1v) is 11.2. The van der Waals surface area contributed by atoms with Gasteiger partial charge in [-0.3, -0.25) is 9.59 Å². The van der Waals surface area contributed by atoms with Crippen molar-refractivity contribution in [3.63, 3.8) is 0 Å². The molecular weight excluding hydrogens is 426 g/mol. The Balaban J connectivity index is 1.59. The number of hydrogen-bond acceptors (Lipinski definition) is 4. The number of nitrogens with one attached hydrogen (secondary N) is 1. The quantitative estimate of drug-likeness (QED) is 0.571. The summed E-state index contributed by atoms with van der Waals surface area (Å²) in [6, 6.07) is 20.4. The van der Waals surface area contributed by atoms with E-state index in [0.29, 0.717) is 23.4 Å². The van der Waals surface area contributed by atoms with Crippen LogP contribution in [0.3, 0.4) is 0 Å². The summed E-state index contributed by atoms with van der Waals surface area (Å²) >= 11 is 0. The van der Waals surface area contributed by atoms with Gasteiger partial charge in [-0.15, -0.1) is 0 Å². The van der Waals surface area contributed by atoms with Gasteiger partial charge >= 0.3 is 0 Å². The Labute approximate surface area is 199 Å². The Morgan fingerprint density at radius 3 is 2.65 bits per heavy atom. The Morgan fingerprint density at radius 2 is 1.91 bits per heavy atom. The smallest absolute Gasteiger partial charge is 0.258 e. The van der Waals surface area contributed by atoms with Gasteiger partial charge in [-0.2, -0.15) is 5.26 Å². The number of carbonyl (C=O) groups excluding carboxylic acids is 2. The molecule has 1 aliphatic rings. The van der Waals surface area contributed by atoms with E-state index in [2.05, 4.69) is 11.4 Å². The molecule has 0 fully saturated rings. The average molecular weight is 454 g/mol. The van der Waals surface area contributed by atoms with Gasteiger partial charge in [-0.1, -0.05) is 18.2 Å². The molecule has 3 aromatic carbocycles. The van der Waals surface area contributed by atoms with Crippen LogP contribution >= 0.6 is 0 Å². The van der Waals surface area contributed by atoms with Crippen LogP contribution in [0.5, 0.6) is 5.75 Å². The molecule has 6 heteroatoms. The highest BCUT2D eigenvalue weighted by molar-refractivity contribution is 6.09. The zero-order valence-corrected chi connectivity index (χ0v) is 19.8. The molecule has 0 unspecified atom stereocenters. The molecule has 0 atom stereocenters. The molecule has 4 rings (SSSR count). The third-order valence-corrected chi connectivity index (χ3v) is 6.28. The third-order valence-electron chi connectivity index (χ3n) is 6.28. The zero-order valence-electron chi connectivity index (χ0n) is 19.8. The Bertz CT molecular complexity index is 1320. The van der Waals surface area contributed by atoms with Gasteiger partial charge in [-0.25, -0.2) is 0 Å². The maximum absolute atomic E-state index is 13.3. The van der Waals surface area contributed by atoms with E-state index in [1.54, 1.807) is 42.3 Å². The van der Waals surface area contributed by atoms with Crippen molar-refractivity contribution in [2.45, 2.75) is 32.6 Å².